The first kappa shape index (κ1) is 12.8. The van der Waals surface area contributed by atoms with Crippen LogP contribution in [0.4, 0.5) is 11.6 Å². The summed E-state index contributed by atoms with van der Waals surface area (Å²) in [7, 11) is 0. The average Bonchev–Trinajstić information content (AvgIpc) is 3.17. The van der Waals surface area contributed by atoms with E-state index in [4.69, 9.17) is 0 Å². The van der Waals surface area contributed by atoms with Gasteiger partial charge < -0.3 is 10.6 Å². The molecule has 0 radical (unpaired) electrons. The smallest absolute Gasteiger partial charge is 0.136 e. The molecule has 0 saturated heterocycles. The fourth-order valence-electron chi connectivity index (χ4n) is 2.00. The van der Waals surface area contributed by atoms with E-state index in [1.165, 1.54) is 12.8 Å². The molecule has 0 atom stereocenters. The molecule has 106 valence electrons. The molecular weight excluding hydrogens is 254 g/mol. The van der Waals surface area contributed by atoms with Gasteiger partial charge in [-0.15, -0.1) is 5.10 Å². The zero-order valence-electron chi connectivity index (χ0n) is 11.6. The second-order valence-corrected chi connectivity index (χ2v) is 4.89. The summed E-state index contributed by atoms with van der Waals surface area (Å²) in [5.41, 5.74) is 0. The molecule has 3 rings (SSSR count). The van der Waals surface area contributed by atoms with Crippen LogP contribution in [0.25, 0.3) is 0 Å². The van der Waals surface area contributed by atoms with Crippen molar-refractivity contribution in [3.05, 3.63) is 24.3 Å². The molecule has 7 heteroatoms. The molecular formula is C13H19N7. The van der Waals surface area contributed by atoms with Crippen LogP contribution in [0.2, 0.25) is 0 Å². The van der Waals surface area contributed by atoms with Crippen molar-refractivity contribution in [2.75, 3.05) is 23.7 Å². The van der Waals surface area contributed by atoms with Crippen LogP contribution >= 0.6 is 0 Å². The zero-order valence-corrected chi connectivity index (χ0v) is 11.6. The summed E-state index contributed by atoms with van der Waals surface area (Å²) in [6, 6.07) is 1.96. The molecule has 2 heterocycles. The Hall–Kier alpha value is -2.18. The third kappa shape index (κ3) is 3.23. The zero-order chi connectivity index (χ0) is 13.8. The molecule has 2 N–H and O–H groups in total. The summed E-state index contributed by atoms with van der Waals surface area (Å²) in [4.78, 5) is 9.14. The van der Waals surface area contributed by atoms with Gasteiger partial charge in [-0.25, -0.2) is 9.97 Å². The number of aromatic nitrogens is 5. The molecule has 1 fully saturated rings. The van der Waals surface area contributed by atoms with Gasteiger partial charge in [-0.05, 0) is 19.8 Å². The van der Waals surface area contributed by atoms with Crippen LogP contribution < -0.4 is 10.6 Å². The predicted molar refractivity (Wildman–Crippen MR) is 76.7 cm³/mol. The maximum atomic E-state index is 4.59. The minimum absolute atomic E-state index is 0.546. The van der Waals surface area contributed by atoms with E-state index < -0.39 is 0 Å². The molecule has 0 aliphatic heterocycles. The van der Waals surface area contributed by atoms with E-state index in [-0.39, 0.29) is 0 Å². The molecule has 7 nitrogen and oxygen atoms in total. The van der Waals surface area contributed by atoms with Crippen molar-refractivity contribution in [1.82, 2.24) is 25.0 Å². The highest BCUT2D eigenvalue weighted by molar-refractivity contribution is 5.48. The third-order valence-electron chi connectivity index (χ3n) is 3.16. The lowest BCUT2D eigenvalue weighted by Crippen LogP contribution is -2.13. The van der Waals surface area contributed by atoms with E-state index in [1.807, 2.05) is 12.3 Å². The topological polar surface area (TPSA) is 80.5 Å². The number of hydrogen-bond donors (Lipinski definition) is 2. The van der Waals surface area contributed by atoms with Crippen molar-refractivity contribution in [3.8, 4) is 0 Å². The molecule has 0 spiro atoms. The van der Waals surface area contributed by atoms with E-state index >= 15 is 0 Å². The average molecular weight is 273 g/mol. The van der Waals surface area contributed by atoms with Gasteiger partial charge >= 0.3 is 0 Å². The van der Waals surface area contributed by atoms with Crippen LogP contribution in [0.15, 0.2) is 18.5 Å². The maximum absolute atomic E-state index is 4.59. The first-order valence-electron chi connectivity index (χ1n) is 7.06. The van der Waals surface area contributed by atoms with Crippen molar-refractivity contribution >= 4 is 11.6 Å². The van der Waals surface area contributed by atoms with Gasteiger partial charge in [0.05, 0.1) is 12.7 Å². The van der Waals surface area contributed by atoms with Crippen molar-refractivity contribution in [1.29, 1.82) is 0 Å². The number of rotatable bonds is 7. The summed E-state index contributed by atoms with van der Waals surface area (Å²) < 4.78 is 1.79. The predicted octanol–water partition coefficient (Wildman–Crippen LogP) is 1.49. The highest BCUT2D eigenvalue weighted by Gasteiger charge is 2.27. The Labute approximate surface area is 117 Å². The number of nitrogens with zero attached hydrogens (tertiary/aromatic N) is 5. The summed E-state index contributed by atoms with van der Waals surface area (Å²) >= 11 is 0. The highest BCUT2D eigenvalue weighted by atomic mass is 15.4. The Balaban J connectivity index is 1.64. The van der Waals surface area contributed by atoms with E-state index in [0.29, 0.717) is 5.92 Å². The minimum atomic E-state index is 0.546. The lowest BCUT2D eigenvalue weighted by Gasteiger charge is -2.10. The first-order valence-corrected chi connectivity index (χ1v) is 7.06. The third-order valence-corrected chi connectivity index (χ3v) is 3.16. The molecule has 0 aromatic carbocycles. The van der Waals surface area contributed by atoms with Crippen LogP contribution in [-0.2, 0) is 6.54 Å². The monoisotopic (exact) mass is 273 g/mol. The number of hydrogen-bond acceptors (Lipinski definition) is 6. The SMILES string of the molecule is CCNc1cc(NCCn2ccnn2)nc(C2CC2)n1. The van der Waals surface area contributed by atoms with Crippen LogP contribution in [0, 0.1) is 0 Å². The van der Waals surface area contributed by atoms with Gasteiger partial charge in [-0.3, -0.25) is 4.68 Å². The minimum Gasteiger partial charge on any atom is -0.370 e. The van der Waals surface area contributed by atoms with E-state index in [9.17, 15) is 0 Å². The van der Waals surface area contributed by atoms with Gasteiger partial charge in [0.2, 0.25) is 0 Å². The normalized spacial score (nSPS) is 14.2. The summed E-state index contributed by atoms with van der Waals surface area (Å²) in [6.07, 6.45) is 5.93. The maximum Gasteiger partial charge on any atom is 0.136 e. The molecule has 0 amide bonds. The first-order chi connectivity index (χ1) is 9.85. The second kappa shape index (κ2) is 5.85. The van der Waals surface area contributed by atoms with Crippen LogP contribution in [-0.4, -0.2) is 38.1 Å². The molecule has 1 aliphatic rings. The van der Waals surface area contributed by atoms with Gasteiger partial charge in [0.25, 0.3) is 0 Å². The van der Waals surface area contributed by atoms with Gasteiger partial charge in [-0.1, -0.05) is 5.21 Å². The van der Waals surface area contributed by atoms with Crippen molar-refractivity contribution < 1.29 is 0 Å². The Morgan fingerprint density at radius 3 is 2.70 bits per heavy atom. The molecule has 0 bridgehead atoms. The lowest BCUT2D eigenvalue weighted by molar-refractivity contribution is 0.608. The Kier molecular flexibility index (Phi) is 3.76. The van der Waals surface area contributed by atoms with Gasteiger partial charge in [0, 0.05) is 31.3 Å². The molecule has 2 aromatic rings. The number of anilines is 2. The van der Waals surface area contributed by atoms with Crippen LogP contribution in [0.5, 0.6) is 0 Å². The van der Waals surface area contributed by atoms with Crippen molar-refractivity contribution in [3.63, 3.8) is 0 Å². The highest BCUT2D eigenvalue weighted by Crippen LogP contribution is 2.38. The Morgan fingerprint density at radius 2 is 2.05 bits per heavy atom. The second-order valence-electron chi connectivity index (χ2n) is 4.89. The lowest BCUT2D eigenvalue weighted by atomic mass is 10.3. The molecule has 2 aromatic heterocycles. The summed E-state index contributed by atoms with van der Waals surface area (Å²) in [5.74, 6) is 3.27. The number of nitrogens with one attached hydrogen (secondary N) is 2. The van der Waals surface area contributed by atoms with Crippen molar-refractivity contribution in [2.24, 2.45) is 0 Å². The van der Waals surface area contributed by atoms with E-state index in [0.717, 1.165) is 37.1 Å². The molecule has 1 aliphatic carbocycles. The van der Waals surface area contributed by atoms with Crippen LogP contribution in [0.3, 0.4) is 0 Å². The van der Waals surface area contributed by atoms with Crippen molar-refractivity contribution in [2.45, 2.75) is 32.2 Å². The van der Waals surface area contributed by atoms with E-state index in [1.54, 1.807) is 10.9 Å². The molecule has 1 saturated carbocycles. The molecule has 20 heavy (non-hydrogen) atoms. The Morgan fingerprint density at radius 1 is 1.25 bits per heavy atom. The molecule has 0 unspecified atom stereocenters. The Bertz CT molecular complexity index is 548. The van der Waals surface area contributed by atoms with Gasteiger partial charge in [0.15, 0.2) is 0 Å². The quantitative estimate of drug-likeness (QED) is 0.795. The summed E-state index contributed by atoms with van der Waals surface area (Å²) in [5, 5.41) is 14.3. The van der Waals surface area contributed by atoms with Gasteiger partial charge in [0.1, 0.15) is 17.5 Å². The van der Waals surface area contributed by atoms with E-state index in [2.05, 4.69) is 37.8 Å². The standard InChI is InChI=1S/C13H19N7/c1-2-14-11-9-12(18-13(17-11)10-3-4-10)15-5-7-20-8-6-16-19-20/h6,8-10H,2-5,7H2,1H3,(H2,14,15,17,18). The fourth-order valence-corrected chi connectivity index (χ4v) is 2.00. The van der Waals surface area contributed by atoms with Crippen LogP contribution in [0.1, 0.15) is 31.5 Å². The summed E-state index contributed by atoms with van der Waals surface area (Å²) in [6.45, 7) is 4.45. The largest absolute Gasteiger partial charge is 0.370 e. The fraction of sp³-hybridized carbons (Fsp3) is 0.538. The van der Waals surface area contributed by atoms with Gasteiger partial charge in [-0.2, -0.15) is 0 Å².